The molecule has 5 aromatic carbocycles. The molecule has 0 spiro atoms. The quantitative estimate of drug-likeness (QED) is 0.0217. The maximum absolute atomic E-state index is 14.4. The molecule has 8 nitrogen and oxygen atoms in total. The molecule has 454 valence electrons. The third-order valence-electron chi connectivity index (χ3n) is 19.2. The zero-order valence-electron chi connectivity index (χ0n) is 52.9. The molecule has 0 N–H and O–H groups in total. The number of imide groups is 2. The fourth-order valence-electron chi connectivity index (χ4n) is 14.0. The molecule has 0 bridgehead atoms. The third kappa shape index (κ3) is 18.2. The van der Waals surface area contributed by atoms with E-state index in [1.54, 1.807) is 0 Å². The van der Waals surface area contributed by atoms with Gasteiger partial charge in [-0.05, 0) is 108 Å². The summed E-state index contributed by atoms with van der Waals surface area (Å²) in [6.45, 7) is 9.89. The highest BCUT2D eigenvalue weighted by Crippen LogP contribution is 2.40. The van der Waals surface area contributed by atoms with Crippen LogP contribution in [0.1, 0.15) is 337 Å². The van der Waals surface area contributed by atoms with Gasteiger partial charge in [-0.15, -0.1) is 0 Å². The summed E-state index contributed by atoms with van der Waals surface area (Å²) in [5.41, 5.74) is 2.35. The average Bonchev–Trinajstić information content (AvgIpc) is 1.43. The van der Waals surface area contributed by atoms with E-state index in [9.17, 15) is 29.7 Å². The molecule has 84 heavy (non-hydrogen) atoms. The van der Waals surface area contributed by atoms with E-state index in [1.165, 1.54) is 215 Å². The van der Waals surface area contributed by atoms with Crippen LogP contribution in [0.3, 0.4) is 0 Å². The molecule has 2 atom stereocenters. The fourth-order valence-corrected chi connectivity index (χ4v) is 14.0. The standard InChI is InChI=1S/C76H106N4O4/c1-5-9-13-17-21-25-27-31-35-39-43-57(41-37-33-29-23-19-15-11-7-3)55-79-73(81)67-49-59-45-63-64(46-60(59)50-68(67)74(79)82)72(54-78)66-48-62-52-70-69(51-61(62)47-65(66)71(63)53-77)75(83)80(76(70)84)56-58(42-38-34-30-24-20-16-12-8-4)44-40-36-32-28-26-22-18-14-10-6-2/h45-52,57-58H,5-44,55-56H2,1-4H3. The Hall–Kier alpha value is -5.60. The number of carbonyl (C=O) groups excluding carboxylic acids is 4. The van der Waals surface area contributed by atoms with Crippen molar-refractivity contribution in [1.82, 2.24) is 9.80 Å². The lowest BCUT2D eigenvalue weighted by Crippen LogP contribution is -2.34. The highest BCUT2D eigenvalue weighted by atomic mass is 16.2. The van der Waals surface area contributed by atoms with Crippen LogP contribution in [0, 0.1) is 34.5 Å². The Kier molecular flexibility index (Phi) is 28.1. The summed E-state index contributed by atoms with van der Waals surface area (Å²) in [5.74, 6) is -0.514. The van der Waals surface area contributed by atoms with Crippen LogP contribution < -0.4 is 0 Å². The van der Waals surface area contributed by atoms with E-state index in [-0.39, 0.29) is 35.5 Å². The van der Waals surface area contributed by atoms with Crippen molar-refractivity contribution in [2.45, 2.75) is 285 Å². The summed E-state index contributed by atoms with van der Waals surface area (Å²) in [5, 5.41) is 27.2. The van der Waals surface area contributed by atoms with Crippen molar-refractivity contribution in [3.63, 3.8) is 0 Å². The first kappa shape index (κ1) is 65.9. The van der Waals surface area contributed by atoms with Crippen molar-refractivity contribution in [3.8, 4) is 12.1 Å². The van der Waals surface area contributed by atoms with E-state index in [0.29, 0.717) is 68.0 Å². The number of unbranched alkanes of at least 4 members (excludes halogenated alkanes) is 32. The molecule has 2 aliphatic rings. The molecule has 2 aliphatic heterocycles. The summed E-state index contributed by atoms with van der Waals surface area (Å²) < 4.78 is 0. The Morgan fingerprint density at radius 1 is 0.298 bits per heavy atom. The van der Waals surface area contributed by atoms with Crippen LogP contribution in [0.5, 0.6) is 0 Å². The number of amides is 4. The topological polar surface area (TPSA) is 122 Å². The minimum atomic E-state index is -0.253. The van der Waals surface area contributed by atoms with Crippen molar-refractivity contribution >= 4 is 66.7 Å². The Balaban J connectivity index is 1.08. The number of rotatable bonds is 44. The molecule has 2 unspecified atom stereocenters. The Morgan fingerprint density at radius 3 is 0.679 bits per heavy atom. The van der Waals surface area contributed by atoms with Gasteiger partial charge in [0.2, 0.25) is 0 Å². The number of nitriles is 2. The molecular formula is C76H106N4O4. The van der Waals surface area contributed by atoms with Gasteiger partial charge in [0, 0.05) is 34.6 Å². The van der Waals surface area contributed by atoms with Gasteiger partial charge in [0.25, 0.3) is 23.6 Å². The molecule has 0 saturated heterocycles. The van der Waals surface area contributed by atoms with Gasteiger partial charge in [-0.25, -0.2) is 0 Å². The normalized spacial score (nSPS) is 14.0. The van der Waals surface area contributed by atoms with Crippen LogP contribution in [0.25, 0.3) is 43.1 Å². The minimum Gasteiger partial charge on any atom is -0.274 e. The molecule has 0 radical (unpaired) electrons. The zero-order valence-corrected chi connectivity index (χ0v) is 52.9. The zero-order chi connectivity index (χ0) is 59.5. The van der Waals surface area contributed by atoms with Crippen LogP contribution >= 0.6 is 0 Å². The number of benzene rings is 5. The Bertz CT molecular complexity index is 2690. The molecule has 5 aromatic rings. The molecule has 4 amide bonds. The van der Waals surface area contributed by atoms with Gasteiger partial charge >= 0.3 is 0 Å². The summed E-state index contributed by atoms with van der Waals surface area (Å²) in [6, 6.07) is 19.8. The van der Waals surface area contributed by atoms with Gasteiger partial charge < -0.3 is 0 Å². The second-order valence-electron chi connectivity index (χ2n) is 25.9. The van der Waals surface area contributed by atoms with Crippen molar-refractivity contribution in [2.75, 3.05) is 13.1 Å². The lowest BCUT2D eigenvalue weighted by molar-refractivity contribution is 0.0607. The first-order valence-electron chi connectivity index (χ1n) is 34.7. The Labute approximate surface area is 507 Å². The summed E-state index contributed by atoms with van der Waals surface area (Å²) >= 11 is 0. The van der Waals surface area contributed by atoms with E-state index in [0.717, 1.165) is 72.9 Å². The maximum Gasteiger partial charge on any atom is 0.261 e. The van der Waals surface area contributed by atoms with E-state index in [4.69, 9.17) is 0 Å². The van der Waals surface area contributed by atoms with E-state index < -0.39 is 0 Å². The lowest BCUT2D eigenvalue weighted by atomic mass is 9.88. The first-order chi connectivity index (χ1) is 41.2. The van der Waals surface area contributed by atoms with E-state index >= 15 is 0 Å². The van der Waals surface area contributed by atoms with Gasteiger partial charge in [0.15, 0.2) is 0 Å². The van der Waals surface area contributed by atoms with Crippen LogP contribution in [0.15, 0.2) is 48.5 Å². The minimum absolute atomic E-state index is 0.250. The van der Waals surface area contributed by atoms with Gasteiger partial charge in [-0.2, -0.15) is 10.5 Å². The van der Waals surface area contributed by atoms with Crippen molar-refractivity contribution in [1.29, 1.82) is 10.5 Å². The SMILES string of the molecule is CCCCCCCCCCCCC(CCCCCCCCCC)CN1C(=O)c2cc3cc4c(C#N)c5cc6cc7c(cc6cc5c(C#N)c4cc3cc2C1=O)C(=O)N(CC(CCCCCCCCCC)CCCCCCCCCCCC)C7=O. The smallest absolute Gasteiger partial charge is 0.261 e. The lowest BCUT2D eigenvalue weighted by Gasteiger charge is -2.23. The summed E-state index contributed by atoms with van der Waals surface area (Å²) in [6.07, 6.45) is 49.4. The third-order valence-corrected chi connectivity index (χ3v) is 19.2. The van der Waals surface area contributed by atoms with Crippen molar-refractivity contribution in [2.24, 2.45) is 11.8 Å². The largest absolute Gasteiger partial charge is 0.274 e. The molecule has 0 fully saturated rings. The first-order valence-corrected chi connectivity index (χ1v) is 34.7. The monoisotopic (exact) mass is 1140 g/mol. The van der Waals surface area contributed by atoms with Crippen LogP contribution in [0.4, 0.5) is 0 Å². The molecule has 0 saturated carbocycles. The second kappa shape index (κ2) is 35.8. The van der Waals surface area contributed by atoms with Crippen molar-refractivity contribution < 1.29 is 19.2 Å². The van der Waals surface area contributed by atoms with Crippen LogP contribution in [-0.2, 0) is 0 Å². The van der Waals surface area contributed by atoms with Gasteiger partial charge in [-0.1, -0.05) is 259 Å². The summed E-state index contributed by atoms with van der Waals surface area (Å²) in [4.78, 5) is 60.5. The predicted molar refractivity (Wildman–Crippen MR) is 351 cm³/mol. The van der Waals surface area contributed by atoms with Gasteiger partial charge in [-0.3, -0.25) is 29.0 Å². The number of hydrogen-bond acceptors (Lipinski definition) is 6. The van der Waals surface area contributed by atoms with Crippen LogP contribution in [0.2, 0.25) is 0 Å². The molecule has 8 heteroatoms. The molecule has 0 aromatic heterocycles. The average molecular weight is 1140 g/mol. The Morgan fingerprint density at radius 2 is 0.488 bits per heavy atom. The number of fused-ring (bicyclic) bond motifs is 6. The molecular weight excluding hydrogens is 1030 g/mol. The predicted octanol–water partition coefficient (Wildman–Crippen LogP) is 22.2. The van der Waals surface area contributed by atoms with E-state index in [2.05, 4.69) is 39.8 Å². The summed E-state index contributed by atoms with van der Waals surface area (Å²) in [7, 11) is 0. The second-order valence-corrected chi connectivity index (χ2v) is 25.9. The maximum atomic E-state index is 14.4. The highest BCUT2D eigenvalue weighted by molar-refractivity contribution is 6.25. The molecule has 2 heterocycles. The number of nitrogens with zero attached hydrogens (tertiary/aromatic N) is 4. The van der Waals surface area contributed by atoms with Crippen molar-refractivity contribution in [3.05, 3.63) is 81.9 Å². The van der Waals surface area contributed by atoms with Crippen LogP contribution in [-0.4, -0.2) is 46.5 Å². The molecule has 0 aliphatic carbocycles. The highest BCUT2D eigenvalue weighted by Gasteiger charge is 2.39. The molecule has 7 rings (SSSR count). The number of hydrogen-bond donors (Lipinski definition) is 0. The van der Waals surface area contributed by atoms with E-state index in [1.807, 2.05) is 48.5 Å². The number of carbonyl (C=O) groups is 4. The van der Waals surface area contributed by atoms with Gasteiger partial charge in [0.1, 0.15) is 12.1 Å². The van der Waals surface area contributed by atoms with Gasteiger partial charge in [0.05, 0.1) is 33.4 Å². The fraction of sp³-hybridized carbons (Fsp3) is 0.632.